The fourth-order valence-corrected chi connectivity index (χ4v) is 1.73. The zero-order valence-electron chi connectivity index (χ0n) is 10.8. The summed E-state index contributed by atoms with van der Waals surface area (Å²) in [4.78, 5) is 22.3. The molecule has 20 heavy (non-hydrogen) atoms. The van der Waals surface area contributed by atoms with Gasteiger partial charge in [-0.15, -0.1) is 0 Å². The zero-order valence-corrected chi connectivity index (χ0v) is 10.8. The van der Waals surface area contributed by atoms with Crippen LogP contribution in [0.4, 0.5) is 11.4 Å². The van der Waals surface area contributed by atoms with Crippen LogP contribution in [0.3, 0.4) is 0 Å². The normalized spacial score (nSPS) is 9.85. The number of benzene rings is 2. The average Bonchev–Trinajstić information content (AvgIpc) is 2.46. The third-order valence-electron chi connectivity index (χ3n) is 2.80. The molecule has 0 spiro atoms. The van der Waals surface area contributed by atoms with Crippen LogP contribution >= 0.6 is 0 Å². The first-order valence-corrected chi connectivity index (χ1v) is 5.95. The lowest BCUT2D eigenvalue weighted by Crippen LogP contribution is -2.30. The molecule has 0 aliphatic carbocycles. The van der Waals surface area contributed by atoms with E-state index in [1.54, 1.807) is 12.1 Å². The summed E-state index contributed by atoms with van der Waals surface area (Å²) in [5.41, 5.74) is 6.69. The van der Waals surface area contributed by atoms with E-state index in [-0.39, 0.29) is 11.3 Å². The van der Waals surface area contributed by atoms with Crippen molar-refractivity contribution in [1.29, 1.82) is 0 Å². The van der Waals surface area contributed by atoms with Crippen LogP contribution in [0.15, 0.2) is 48.5 Å². The lowest BCUT2D eigenvalue weighted by Gasteiger charge is -2.10. The van der Waals surface area contributed by atoms with Gasteiger partial charge in [0.15, 0.2) is 0 Å². The van der Waals surface area contributed by atoms with Crippen molar-refractivity contribution in [1.82, 2.24) is 5.43 Å². The molecule has 0 aliphatic rings. The van der Waals surface area contributed by atoms with Crippen LogP contribution in [0, 0.1) is 17.0 Å². The van der Waals surface area contributed by atoms with Crippen molar-refractivity contribution >= 4 is 17.3 Å². The highest BCUT2D eigenvalue weighted by Gasteiger charge is 2.18. The van der Waals surface area contributed by atoms with E-state index >= 15 is 0 Å². The van der Waals surface area contributed by atoms with Crippen LogP contribution in [0.1, 0.15) is 15.9 Å². The zero-order chi connectivity index (χ0) is 14.5. The number of hydrazine groups is 1. The van der Waals surface area contributed by atoms with Crippen molar-refractivity contribution in [3.8, 4) is 0 Å². The molecule has 0 aliphatic heterocycles. The van der Waals surface area contributed by atoms with Crippen molar-refractivity contribution in [2.45, 2.75) is 6.92 Å². The minimum atomic E-state index is -0.581. The standard InChI is InChI=1S/C14H13N3O3/c1-10-6-2-4-8-12(10)15-16-14(18)11-7-3-5-9-13(11)17(19)20/h2-9,15H,1H3,(H,16,18). The lowest BCUT2D eigenvalue weighted by atomic mass is 10.2. The summed E-state index contributed by atoms with van der Waals surface area (Å²) in [5.74, 6) is -0.555. The Morgan fingerprint density at radius 1 is 1.10 bits per heavy atom. The molecule has 0 heterocycles. The number of anilines is 1. The number of carbonyl (C=O) groups excluding carboxylic acids is 1. The molecular weight excluding hydrogens is 258 g/mol. The van der Waals surface area contributed by atoms with Crippen molar-refractivity contribution in [3.05, 3.63) is 69.8 Å². The van der Waals surface area contributed by atoms with E-state index < -0.39 is 10.8 Å². The van der Waals surface area contributed by atoms with Gasteiger partial charge in [0, 0.05) is 6.07 Å². The Balaban J connectivity index is 2.14. The molecule has 2 rings (SSSR count). The topological polar surface area (TPSA) is 84.3 Å². The molecule has 0 radical (unpaired) electrons. The van der Waals surface area contributed by atoms with Crippen molar-refractivity contribution in [2.75, 3.05) is 5.43 Å². The highest BCUT2D eigenvalue weighted by Crippen LogP contribution is 2.17. The van der Waals surface area contributed by atoms with Gasteiger partial charge < -0.3 is 0 Å². The molecule has 0 atom stereocenters. The Morgan fingerprint density at radius 2 is 1.75 bits per heavy atom. The molecule has 0 saturated carbocycles. The summed E-state index contributed by atoms with van der Waals surface area (Å²) in [7, 11) is 0. The molecule has 1 amide bonds. The number of hydrogen-bond acceptors (Lipinski definition) is 4. The van der Waals surface area contributed by atoms with E-state index in [2.05, 4.69) is 10.9 Å². The lowest BCUT2D eigenvalue weighted by molar-refractivity contribution is -0.385. The third-order valence-corrected chi connectivity index (χ3v) is 2.80. The molecule has 0 unspecified atom stereocenters. The van der Waals surface area contributed by atoms with Crippen molar-refractivity contribution in [2.24, 2.45) is 0 Å². The fourth-order valence-electron chi connectivity index (χ4n) is 1.73. The van der Waals surface area contributed by atoms with E-state index in [1.165, 1.54) is 18.2 Å². The summed E-state index contributed by atoms with van der Waals surface area (Å²) >= 11 is 0. The number of nitrogens with one attached hydrogen (secondary N) is 2. The first kappa shape index (κ1) is 13.5. The van der Waals surface area contributed by atoms with Gasteiger partial charge in [0.05, 0.1) is 10.6 Å². The van der Waals surface area contributed by atoms with Gasteiger partial charge in [0.1, 0.15) is 5.56 Å². The molecule has 0 fully saturated rings. The summed E-state index contributed by atoms with van der Waals surface area (Å²) in [6.07, 6.45) is 0. The van der Waals surface area contributed by atoms with Gasteiger partial charge in [-0.2, -0.15) is 0 Å². The number of amides is 1. The van der Waals surface area contributed by atoms with Gasteiger partial charge in [-0.05, 0) is 24.6 Å². The molecule has 0 saturated heterocycles. The van der Waals surface area contributed by atoms with Crippen LogP contribution in [0.2, 0.25) is 0 Å². The predicted molar refractivity (Wildman–Crippen MR) is 75.4 cm³/mol. The molecule has 2 N–H and O–H groups in total. The molecule has 6 heteroatoms. The van der Waals surface area contributed by atoms with E-state index in [9.17, 15) is 14.9 Å². The number of para-hydroxylation sites is 2. The van der Waals surface area contributed by atoms with Gasteiger partial charge in [-0.25, -0.2) is 0 Å². The number of carbonyl (C=O) groups is 1. The highest BCUT2D eigenvalue weighted by molar-refractivity contribution is 5.98. The van der Waals surface area contributed by atoms with Gasteiger partial charge in [-0.3, -0.25) is 25.8 Å². The van der Waals surface area contributed by atoms with Crippen LogP contribution in [-0.4, -0.2) is 10.8 Å². The fraction of sp³-hybridized carbons (Fsp3) is 0.0714. The number of hydrogen-bond donors (Lipinski definition) is 2. The Labute approximate surface area is 115 Å². The molecule has 2 aromatic carbocycles. The second kappa shape index (κ2) is 5.83. The molecule has 6 nitrogen and oxygen atoms in total. The SMILES string of the molecule is Cc1ccccc1NNC(=O)c1ccccc1[N+](=O)[O-]. The number of nitro groups is 1. The number of nitro benzene ring substituents is 1. The number of nitrogens with zero attached hydrogens (tertiary/aromatic N) is 1. The van der Waals surface area contributed by atoms with Gasteiger partial charge in [0.25, 0.3) is 11.6 Å². The molecule has 102 valence electrons. The Bertz CT molecular complexity index is 656. The number of rotatable bonds is 4. The molecular formula is C14H13N3O3. The van der Waals surface area contributed by atoms with E-state index in [1.807, 2.05) is 25.1 Å². The van der Waals surface area contributed by atoms with E-state index in [0.29, 0.717) is 0 Å². The smallest absolute Gasteiger partial charge is 0.282 e. The summed E-state index contributed by atoms with van der Waals surface area (Å²) < 4.78 is 0. The van der Waals surface area contributed by atoms with Crippen LogP contribution in [-0.2, 0) is 0 Å². The number of aryl methyl sites for hydroxylation is 1. The quantitative estimate of drug-likeness (QED) is 0.661. The Hall–Kier alpha value is -2.89. The van der Waals surface area contributed by atoms with Gasteiger partial charge in [0.2, 0.25) is 0 Å². The van der Waals surface area contributed by atoms with Gasteiger partial charge in [-0.1, -0.05) is 30.3 Å². The summed E-state index contributed by atoms with van der Waals surface area (Å²) in [5, 5.41) is 10.9. The summed E-state index contributed by atoms with van der Waals surface area (Å²) in [6, 6.07) is 13.2. The van der Waals surface area contributed by atoms with E-state index in [4.69, 9.17) is 0 Å². The predicted octanol–water partition coefficient (Wildman–Crippen LogP) is 2.66. The van der Waals surface area contributed by atoms with E-state index in [0.717, 1.165) is 11.3 Å². The third kappa shape index (κ3) is 2.92. The van der Waals surface area contributed by atoms with Crippen molar-refractivity contribution < 1.29 is 9.72 Å². The molecule has 2 aromatic rings. The average molecular weight is 271 g/mol. The Morgan fingerprint density at radius 3 is 2.45 bits per heavy atom. The monoisotopic (exact) mass is 271 g/mol. The van der Waals surface area contributed by atoms with Crippen LogP contribution in [0.25, 0.3) is 0 Å². The minimum Gasteiger partial charge on any atom is -0.298 e. The van der Waals surface area contributed by atoms with Crippen molar-refractivity contribution in [3.63, 3.8) is 0 Å². The van der Waals surface area contributed by atoms with Gasteiger partial charge >= 0.3 is 0 Å². The molecule has 0 bridgehead atoms. The maximum Gasteiger partial charge on any atom is 0.282 e. The highest BCUT2D eigenvalue weighted by atomic mass is 16.6. The molecule has 0 aromatic heterocycles. The second-order valence-corrected chi connectivity index (χ2v) is 4.17. The summed E-state index contributed by atoms with van der Waals surface area (Å²) in [6.45, 7) is 1.89. The van der Waals surface area contributed by atoms with Crippen LogP contribution in [0.5, 0.6) is 0 Å². The minimum absolute atomic E-state index is 0.0126. The second-order valence-electron chi connectivity index (χ2n) is 4.17. The largest absolute Gasteiger partial charge is 0.298 e. The maximum atomic E-state index is 12.0. The first-order chi connectivity index (χ1) is 9.59. The maximum absolute atomic E-state index is 12.0. The van der Waals surface area contributed by atoms with Crippen LogP contribution < -0.4 is 10.9 Å². The Kier molecular flexibility index (Phi) is 3.95. The first-order valence-electron chi connectivity index (χ1n) is 5.95.